The van der Waals surface area contributed by atoms with Crippen LogP contribution < -0.4 is 5.73 Å². The molecule has 114 valence electrons. The summed E-state index contributed by atoms with van der Waals surface area (Å²) < 4.78 is 5.38. The van der Waals surface area contributed by atoms with Crippen molar-refractivity contribution in [3.8, 4) is 0 Å². The van der Waals surface area contributed by atoms with Gasteiger partial charge in [-0.1, -0.05) is 17.7 Å². The van der Waals surface area contributed by atoms with E-state index in [0.29, 0.717) is 23.8 Å². The first-order valence-electron chi connectivity index (χ1n) is 6.71. The lowest BCUT2D eigenvalue weighted by atomic mass is 10.1. The molecule has 21 heavy (non-hydrogen) atoms. The zero-order valence-corrected chi connectivity index (χ0v) is 13.1. The molecule has 0 spiro atoms. The van der Waals surface area contributed by atoms with Gasteiger partial charge in [-0.25, -0.2) is 14.8 Å². The number of nitrogen functional groups attached to an aromatic ring is 1. The van der Waals surface area contributed by atoms with Crippen molar-refractivity contribution in [1.82, 2.24) is 14.9 Å². The van der Waals surface area contributed by atoms with Gasteiger partial charge in [0.2, 0.25) is 5.95 Å². The van der Waals surface area contributed by atoms with E-state index in [4.69, 9.17) is 22.1 Å². The fourth-order valence-electron chi connectivity index (χ4n) is 2.00. The Labute approximate surface area is 129 Å². The van der Waals surface area contributed by atoms with Gasteiger partial charge in [-0.3, -0.25) is 0 Å². The van der Waals surface area contributed by atoms with E-state index in [1.165, 1.54) is 6.20 Å². The molecule has 0 bridgehead atoms. The van der Waals surface area contributed by atoms with Gasteiger partial charge in [-0.2, -0.15) is 0 Å². The molecule has 0 aromatic carbocycles. The van der Waals surface area contributed by atoms with Crippen LogP contribution >= 0.6 is 11.6 Å². The summed E-state index contributed by atoms with van der Waals surface area (Å²) in [5.74, 6) is 0.157. The zero-order valence-electron chi connectivity index (χ0n) is 12.4. The van der Waals surface area contributed by atoms with Crippen LogP contribution in [0.5, 0.6) is 0 Å². The van der Waals surface area contributed by atoms with E-state index in [1.54, 1.807) is 4.90 Å². The summed E-state index contributed by atoms with van der Waals surface area (Å²) in [6, 6.07) is 0. The van der Waals surface area contributed by atoms with Gasteiger partial charge in [-0.05, 0) is 32.8 Å². The maximum atomic E-state index is 12.1. The largest absolute Gasteiger partial charge is 0.444 e. The Hall–Kier alpha value is -1.82. The maximum absolute atomic E-state index is 12.1. The summed E-state index contributed by atoms with van der Waals surface area (Å²) in [5.41, 5.74) is 6.50. The molecule has 2 N–H and O–H groups in total. The van der Waals surface area contributed by atoms with Crippen molar-refractivity contribution >= 4 is 29.2 Å². The van der Waals surface area contributed by atoms with Gasteiger partial charge in [0.15, 0.2) is 0 Å². The van der Waals surface area contributed by atoms with E-state index in [0.717, 1.165) is 12.0 Å². The molecule has 0 radical (unpaired) electrons. The molecule has 0 saturated heterocycles. The third kappa shape index (κ3) is 4.07. The average Bonchev–Trinajstić information content (AvgIpc) is 2.40. The summed E-state index contributed by atoms with van der Waals surface area (Å²) in [6.07, 6.45) is 3.85. The van der Waals surface area contributed by atoms with E-state index in [2.05, 4.69) is 9.97 Å². The Morgan fingerprint density at radius 2 is 2.19 bits per heavy atom. The Bertz CT molecular complexity index is 581. The predicted molar refractivity (Wildman–Crippen MR) is 81.9 cm³/mol. The van der Waals surface area contributed by atoms with E-state index in [1.807, 2.05) is 26.8 Å². The van der Waals surface area contributed by atoms with Crippen molar-refractivity contribution in [2.45, 2.75) is 32.8 Å². The molecule has 1 aromatic heterocycles. The lowest BCUT2D eigenvalue weighted by Gasteiger charge is -2.30. The molecular formula is C14H19ClN4O2. The first-order chi connectivity index (χ1) is 9.76. The highest BCUT2D eigenvalue weighted by Crippen LogP contribution is 2.26. The molecule has 0 fully saturated rings. The summed E-state index contributed by atoms with van der Waals surface area (Å²) >= 11 is 6.11. The van der Waals surface area contributed by atoms with Gasteiger partial charge in [0, 0.05) is 6.54 Å². The fraction of sp³-hybridized carbons (Fsp3) is 0.500. The van der Waals surface area contributed by atoms with Crippen LogP contribution in [0.4, 0.5) is 10.7 Å². The number of aromatic nitrogens is 2. The lowest BCUT2D eigenvalue weighted by Crippen LogP contribution is -2.39. The highest BCUT2D eigenvalue weighted by molar-refractivity contribution is 6.32. The number of rotatable bonds is 1. The summed E-state index contributed by atoms with van der Waals surface area (Å²) in [4.78, 5) is 21.8. The number of hydrogen-bond donors (Lipinski definition) is 1. The van der Waals surface area contributed by atoms with Crippen molar-refractivity contribution in [3.05, 3.63) is 23.0 Å². The van der Waals surface area contributed by atoms with Crippen molar-refractivity contribution in [2.75, 3.05) is 18.8 Å². The Morgan fingerprint density at radius 3 is 2.86 bits per heavy atom. The van der Waals surface area contributed by atoms with Crippen molar-refractivity contribution in [3.63, 3.8) is 0 Å². The van der Waals surface area contributed by atoms with Crippen molar-refractivity contribution in [1.29, 1.82) is 0 Å². The summed E-state index contributed by atoms with van der Waals surface area (Å²) in [7, 11) is 0. The van der Waals surface area contributed by atoms with Crippen LogP contribution in [-0.4, -0.2) is 39.7 Å². The number of ether oxygens (including phenoxy) is 1. The van der Waals surface area contributed by atoms with E-state index >= 15 is 0 Å². The summed E-state index contributed by atoms with van der Waals surface area (Å²) in [6.45, 7) is 6.52. The number of carbonyl (C=O) groups excluding carboxylic acids is 1. The van der Waals surface area contributed by atoms with Gasteiger partial charge < -0.3 is 15.4 Å². The minimum atomic E-state index is -0.518. The van der Waals surface area contributed by atoms with E-state index in [-0.39, 0.29) is 12.0 Å². The smallest absolute Gasteiger partial charge is 0.410 e. The number of hydrogen-bond acceptors (Lipinski definition) is 5. The Kier molecular flexibility index (Phi) is 4.37. The molecular weight excluding hydrogens is 292 g/mol. The number of nitrogens with two attached hydrogens (primary N) is 1. The van der Waals surface area contributed by atoms with Crippen LogP contribution in [0.15, 0.2) is 12.3 Å². The highest BCUT2D eigenvalue weighted by atomic mass is 35.5. The van der Waals surface area contributed by atoms with E-state index in [9.17, 15) is 4.79 Å². The van der Waals surface area contributed by atoms with Crippen LogP contribution in [0.3, 0.4) is 0 Å². The van der Waals surface area contributed by atoms with Gasteiger partial charge >= 0.3 is 6.09 Å². The van der Waals surface area contributed by atoms with Gasteiger partial charge in [0.05, 0.1) is 23.5 Å². The van der Waals surface area contributed by atoms with Crippen LogP contribution in [0.25, 0.3) is 5.57 Å². The highest BCUT2D eigenvalue weighted by Gasteiger charge is 2.25. The molecule has 1 amide bonds. The van der Waals surface area contributed by atoms with Crippen LogP contribution in [0, 0.1) is 0 Å². The Morgan fingerprint density at radius 1 is 1.48 bits per heavy atom. The minimum absolute atomic E-state index is 0.157. The molecule has 0 aliphatic carbocycles. The normalized spacial score (nSPS) is 15.6. The average molecular weight is 311 g/mol. The molecule has 0 unspecified atom stereocenters. The first kappa shape index (κ1) is 15.6. The molecule has 7 heteroatoms. The third-order valence-electron chi connectivity index (χ3n) is 2.87. The molecule has 1 aliphatic heterocycles. The van der Waals surface area contributed by atoms with Gasteiger partial charge in [0.25, 0.3) is 0 Å². The zero-order chi connectivity index (χ0) is 15.6. The maximum Gasteiger partial charge on any atom is 0.410 e. The topological polar surface area (TPSA) is 81.3 Å². The number of anilines is 1. The molecule has 2 heterocycles. The number of nitrogens with zero attached hydrogens (tertiary/aromatic N) is 3. The van der Waals surface area contributed by atoms with Gasteiger partial charge in [-0.15, -0.1) is 0 Å². The number of amides is 1. The first-order valence-corrected chi connectivity index (χ1v) is 7.09. The van der Waals surface area contributed by atoms with Crippen LogP contribution in [0.1, 0.15) is 32.9 Å². The fourth-order valence-corrected chi connectivity index (χ4v) is 2.22. The molecule has 0 saturated carbocycles. The third-order valence-corrected chi connectivity index (χ3v) is 3.15. The van der Waals surface area contributed by atoms with Crippen molar-refractivity contribution in [2.24, 2.45) is 0 Å². The minimum Gasteiger partial charge on any atom is -0.444 e. The standard InChI is InChI=1S/C14H19ClN4O2/c1-14(2,3)21-13(20)19-6-4-5-9(8-19)11-10(15)7-17-12(16)18-11/h5,7H,4,6,8H2,1-3H3,(H2,16,17,18). The second-order valence-electron chi connectivity index (χ2n) is 5.84. The molecule has 2 rings (SSSR count). The van der Waals surface area contributed by atoms with Gasteiger partial charge in [0.1, 0.15) is 5.60 Å². The second-order valence-corrected chi connectivity index (χ2v) is 6.25. The number of carbonyl (C=O) groups is 1. The lowest BCUT2D eigenvalue weighted by molar-refractivity contribution is 0.0273. The second kappa shape index (κ2) is 5.89. The van der Waals surface area contributed by atoms with Crippen molar-refractivity contribution < 1.29 is 9.53 Å². The quantitative estimate of drug-likeness (QED) is 0.862. The van der Waals surface area contributed by atoms with Crippen LogP contribution in [0.2, 0.25) is 5.02 Å². The molecule has 1 aromatic rings. The van der Waals surface area contributed by atoms with E-state index < -0.39 is 5.60 Å². The van der Waals surface area contributed by atoms with Crippen LogP contribution in [-0.2, 0) is 4.74 Å². The molecule has 0 atom stereocenters. The molecule has 6 nitrogen and oxygen atoms in total. The molecule has 1 aliphatic rings. The monoisotopic (exact) mass is 310 g/mol. The SMILES string of the molecule is CC(C)(C)OC(=O)N1CCC=C(c2nc(N)ncc2Cl)C1. The Balaban J connectivity index is 2.16. The summed E-state index contributed by atoms with van der Waals surface area (Å²) in [5, 5.41) is 0.418. The predicted octanol–water partition coefficient (Wildman–Crippen LogP) is 2.74. The number of halogens is 1.